The first-order valence-electron chi connectivity index (χ1n) is 8.07. The molecule has 1 fully saturated rings. The van der Waals surface area contributed by atoms with E-state index in [-0.39, 0.29) is 16.7 Å². The van der Waals surface area contributed by atoms with Crippen LogP contribution in [-0.2, 0) is 0 Å². The zero-order valence-corrected chi connectivity index (χ0v) is 13.6. The van der Waals surface area contributed by atoms with E-state index in [2.05, 4.69) is 16.7 Å². The Labute approximate surface area is 141 Å². The van der Waals surface area contributed by atoms with Crippen LogP contribution < -0.4 is 4.90 Å². The largest absolute Gasteiger partial charge is 0.506 e. The summed E-state index contributed by atoms with van der Waals surface area (Å²) in [5, 5.41) is 20.9. The van der Waals surface area contributed by atoms with E-state index < -0.39 is 0 Å². The van der Waals surface area contributed by atoms with Crippen LogP contribution in [0.2, 0.25) is 0 Å². The summed E-state index contributed by atoms with van der Waals surface area (Å²) in [5.41, 5.74) is 1.95. The second-order valence-corrected chi connectivity index (χ2v) is 6.04. The van der Waals surface area contributed by atoms with E-state index in [1.807, 2.05) is 24.3 Å². The van der Waals surface area contributed by atoms with Gasteiger partial charge in [-0.25, -0.2) is 0 Å². The van der Waals surface area contributed by atoms with E-state index in [9.17, 15) is 15.2 Å². The Morgan fingerprint density at radius 1 is 1.08 bits per heavy atom. The number of nitro benzene ring substituents is 1. The smallest absolute Gasteiger partial charge is 0.269 e. The van der Waals surface area contributed by atoms with Gasteiger partial charge >= 0.3 is 0 Å². The number of phenolic OH excluding ortho intramolecular Hbond substituents is 1. The van der Waals surface area contributed by atoms with Crippen molar-refractivity contribution in [2.75, 3.05) is 31.1 Å². The number of hydrogen-bond donors (Lipinski definition) is 1. The Morgan fingerprint density at radius 3 is 2.46 bits per heavy atom. The Balaban J connectivity index is 1.67. The van der Waals surface area contributed by atoms with Gasteiger partial charge < -0.3 is 10.0 Å². The molecule has 0 unspecified atom stereocenters. The number of phenols is 1. The van der Waals surface area contributed by atoms with Gasteiger partial charge in [0.1, 0.15) is 5.75 Å². The molecule has 1 aliphatic heterocycles. The molecule has 1 heterocycles. The molecular formula is C18H21N3O3. The standard InChI is InChI=1S/C18H21N3O3/c1-14(15-5-4-6-16(13-15)21(23)24)19-9-11-20(12-10-19)17-7-2-3-8-18(17)22/h2-8,13-14,22H,9-12H2,1H3/t14-/m1/s1. The number of nitrogens with zero attached hydrogens (tertiary/aromatic N) is 3. The maximum atomic E-state index is 10.9. The first-order chi connectivity index (χ1) is 11.6. The van der Waals surface area contributed by atoms with Crippen LogP contribution in [0.1, 0.15) is 18.5 Å². The molecule has 0 aromatic heterocycles. The van der Waals surface area contributed by atoms with Crippen LogP contribution in [0.5, 0.6) is 5.75 Å². The molecule has 0 saturated carbocycles. The fourth-order valence-electron chi connectivity index (χ4n) is 3.19. The SMILES string of the molecule is C[C@H](c1cccc([N+](=O)[O-])c1)N1CCN(c2ccccc2O)CC1. The average Bonchev–Trinajstić information content (AvgIpc) is 2.62. The van der Waals surface area contributed by atoms with Gasteiger partial charge in [0.2, 0.25) is 0 Å². The molecule has 6 heteroatoms. The number of hydrogen-bond acceptors (Lipinski definition) is 5. The minimum absolute atomic E-state index is 0.122. The predicted octanol–water partition coefficient (Wildman–Crippen LogP) is 3.18. The van der Waals surface area contributed by atoms with Crippen molar-refractivity contribution in [1.29, 1.82) is 0 Å². The lowest BCUT2D eigenvalue weighted by Crippen LogP contribution is -2.47. The molecule has 0 spiro atoms. The van der Waals surface area contributed by atoms with Gasteiger partial charge in [-0.15, -0.1) is 0 Å². The van der Waals surface area contributed by atoms with E-state index in [1.165, 1.54) is 6.07 Å². The third kappa shape index (κ3) is 3.33. The van der Waals surface area contributed by atoms with Crippen molar-refractivity contribution in [3.63, 3.8) is 0 Å². The molecule has 126 valence electrons. The summed E-state index contributed by atoms with van der Waals surface area (Å²) >= 11 is 0. The molecule has 3 rings (SSSR count). The van der Waals surface area contributed by atoms with Crippen LogP contribution in [0.25, 0.3) is 0 Å². The fourth-order valence-corrected chi connectivity index (χ4v) is 3.19. The molecule has 1 saturated heterocycles. The Hall–Kier alpha value is -2.60. The Morgan fingerprint density at radius 2 is 1.79 bits per heavy atom. The molecule has 0 bridgehead atoms. The maximum absolute atomic E-state index is 10.9. The van der Waals surface area contributed by atoms with Crippen LogP contribution >= 0.6 is 0 Å². The summed E-state index contributed by atoms with van der Waals surface area (Å²) in [4.78, 5) is 15.1. The zero-order valence-electron chi connectivity index (χ0n) is 13.6. The van der Waals surface area contributed by atoms with Gasteiger partial charge in [0.15, 0.2) is 0 Å². The lowest BCUT2D eigenvalue weighted by Gasteiger charge is -2.39. The summed E-state index contributed by atoms with van der Waals surface area (Å²) in [6, 6.07) is 14.3. The predicted molar refractivity (Wildman–Crippen MR) is 93.4 cm³/mol. The Kier molecular flexibility index (Phi) is 4.66. The molecule has 24 heavy (non-hydrogen) atoms. The topological polar surface area (TPSA) is 69.9 Å². The minimum atomic E-state index is -0.355. The maximum Gasteiger partial charge on any atom is 0.269 e. The highest BCUT2D eigenvalue weighted by atomic mass is 16.6. The van der Waals surface area contributed by atoms with Gasteiger partial charge in [0.25, 0.3) is 5.69 Å². The number of para-hydroxylation sites is 2. The molecule has 0 radical (unpaired) electrons. The number of rotatable bonds is 4. The van der Waals surface area contributed by atoms with Gasteiger partial charge in [-0.2, -0.15) is 0 Å². The van der Waals surface area contributed by atoms with Crippen LogP contribution in [0.3, 0.4) is 0 Å². The molecule has 0 amide bonds. The Bertz CT molecular complexity index is 727. The number of anilines is 1. The average molecular weight is 327 g/mol. The van der Waals surface area contributed by atoms with Crippen molar-refractivity contribution >= 4 is 11.4 Å². The van der Waals surface area contributed by atoms with Crippen LogP contribution in [0, 0.1) is 10.1 Å². The van der Waals surface area contributed by atoms with Crippen molar-refractivity contribution in [2.45, 2.75) is 13.0 Å². The van der Waals surface area contributed by atoms with Gasteiger partial charge in [0.05, 0.1) is 10.6 Å². The first-order valence-corrected chi connectivity index (χ1v) is 8.07. The van der Waals surface area contributed by atoms with Crippen molar-refractivity contribution < 1.29 is 10.0 Å². The quantitative estimate of drug-likeness (QED) is 0.690. The van der Waals surface area contributed by atoms with Crippen LogP contribution in [-0.4, -0.2) is 41.1 Å². The normalized spacial score (nSPS) is 16.8. The van der Waals surface area contributed by atoms with Crippen LogP contribution in [0.4, 0.5) is 11.4 Å². The van der Waals surface area contributed by atoms with E-state index in [0.29, 0.717) is 5.75 Å². The number of piperazine rings is 1. The molecular weight excluding hydrogens is 306 g/mol. The minimum Gasteiger partial charge on any atom is -0.506 e. The fraction of sp³-hybridized carbons (Fsp3) is 0.333. The van der Waals surface area contributed by atoms with Gasteiger partial charge in [0, 0.05) is 44.4 Å². The monoisotopic (exact) mass is 327 g/mol. The van der Waals surface area contributed by atoms with Gasteiger partial charge in [-0.1, -0.05) is 24.3 Å². The number of nitro groups is 1. The highest BCUT2D eigenvalue weighted by Crippen LogP contribution is 2.29. The zero-order chi connectivity index (χ0) is 17.1. The van der Waals surface area contributed by atoms with Crippen molar-refractivity contribution in [1.82, 2.24) is 4.90 Å². The first kappa shape index (κ1) is 16.3. The lowest BCUT2D eigenvalue weighted by molar-refractivity contribution is -0.384. The molecule has 2 aromatic rings. The molecule has 6 nitrogen and oxygen atoms in total. The van der Waals surface area contributed by atoms with Crippen molar-refractivity contribution in [3.05, 3.63) is 64.2 Å². The molecule has 1 atom stereocenters. The van der Waals surface area contributed by atoms with Crippen molar-refractivity contribution in [2.24, 2.45) is 0 Å². The third-order valence-electron chi connectivity index (χ3n) is 4.65. The van der Waals surface area contributed by atoms with Gasteiger partial charge in [-0.05, 0) is 24.6 Å². The highest BCUT2D eigenvalue weighted by molar-refractivity contribution is 5.57. The molecule has 2 aromatic carbocycles. The summed E-state index contributed by atoms with van der Waals surface area (Å²) in [5.74, 6) is 0.303. The van der Waals surface area contributed by atoms with E-state index in [0.717, 1.165) is 37.4 Å². The summed E-state index contributed by atoms with van der Waals surface area (Å²) < 4.78 is 0. The van der Waals surface area contributed by atoms with E-state index >= 15 is 0 Å². The lowest BCUT2D eigenvalue weighted by atomic mass is 10.1. The molecule has 1 aliphatic rings. The number of benzene rings is 2. The second-order valence-electron chi connectivity index (χ2n) is 6.04. The summed E-state index contributed by atoms with van der Waals surface area (Å²) in [6.45, 7) is 5.40. The number of non-ortho nitro benzene ring substituents is 1. The number of aromatic hydroxyl groups is 1. The van der Waals surface area contributed by atoms with Crippen LogP contribution in [0.15, 0.2) is 48.5 Å². The van der Waals surface area contributed by atoms with E-state index in [1.54, 1.807) is 18.2 Å². The highest BCUT2D eigenvalue weighted by Gasteiger charge is 2.24. The second kappa shape index (κ2) is 6.88. The van der Waals surface area contributed by atoms with E-state index in [4.69, 9.17) is 0 Å². The summed E-state index contributed by atoms with van der Waals surface area (Å²) in [7, 11) is 0. The molecule has 1 N–H and O–H groups in total. The molecule has 0 aliphatic carbocycles. The summed E-state index contributed by atoms with van der Waals surface area (Å²) in [6.07, 6.45) is 0. The van der Waals surface area contributed by atoms with Gasteiger partial charge in [-0.3, -0.25) is 15.0 Å². The third-order valence-corrected chi connectivity index (χ3v) is 4.65. The van der Waals surface area contributed by atoms with Crippen molar-refractivity contribution in [3.8, 4) is 5.75 Å².